The van der Waals surface area contributed by atoms with Crippen LogP contribution in [-0.4, -0.2) is 18.4 Å². The van der Waals surface area contributed by atoms with Crippen molar-refractivity contribution in [1.82, 2.24) is 0 Å². The molecule has 0 N–H and O–H groups in total. The summed E-state index contributed by atoms with van der Waals surface area (Å²) in [4.78, 5) is 0. The van der Waals surface area contributed by atoms with E-state index in [9.17, 15) is 0 Å². The van der Waals surface area contributed by atoms with Crippen molar-refractivity contribution in [2.75, 3.05) is 0 Å². The topological polar surface area (TPSA) is 0 Å². The summed E-state index contributed by atoms with van der Waals surface area (Å²) in [6.07, 6.45) is 10.00. The van der Waals surface area contributed by atoms with E-state index in [1.54, 1.807) is 51.0 Å². The molecule has 0 atom stereocenters. The van der Waals surface area contributed by atoms with Crippen molar-refractivity contribution in [2.24, 2.45) is 0 Å². The van der Waals surface area contributed by atoms with Crippen LogP contribution in [-0.2, 0) is 25.7 Å². The third-order valence-corrected chi connectivity index (χ3v) is 25.3. The molecule has 180 valence electrons. The Kier molecular flexibility index (Phi) is 6.86. The number of hydrogen-bond acceptors (Lipinski definition) is 0. The summed E-state index contributed by atoms with van der Waals surface area (Å²) in [6, 6.07) is 19.7. The van der Waals surface area contributed by atoms with Gasteiger partial charge in [-0.2, -0.15) is 0 Å². The number of hydrogen-bond donors (Lipinski definition) is 0. The molecule has 0 aliphatic heterocycles. The fourth-order valence-corrected chi connectivity index (χ4v) is 25.9. The molecule has 6 rings (SSSR count). The minimum absolute atomic E-state index is 1.20. The number of unbranched alkanes of at least 4 members (excludes halogenated alkanes) is 2. The molecule has 0 unspecified atom stereocenters. The van der Waals surface area contributed by atoms with Crippen molar-refractivity contribution in [3.8, 4) is 0 Å². The van der Waals surface area contributed by atoms with Crippen molar-refractivity contribution >= 4 is 78.9 Å². The van der Waals surface area contributed by atoms with Gasteiger partial charge >= 0.3 is 233 Å². The van der Waals surface area contributed by atoms with Gasteiger partial charge in [-0.3, -0.25) is 0 Å². The van der Waals surface area contributed by atoms with E-state index in [0.29, 0.717) is 0 Å². The Morgan fingerprint density at radius 3 is 1.29 bits per heavy atom. The summed E-state index contributed by atoms with van der Waals surface area (Å²) in [7, 11) is 0. The normalized spacial score (nSPS) is 14.5. The zero-order valence-corrected chi connectivity index (χ0v) is 27.0. The van der Waals surface area contributed by atoms with Gasteiger partial charge in [-0.25, -0.2) is 0 Å². The molecule has 0 radical (unpaired) electrons. The Labute approximate surface area is 231 Å². The second kappa shape index (κ2) is 9.80. The van der Waals surface area contributed by atoms with Gasteiger partial charge in [0.2, 0.25) is 0 Å². The Bertz CT molecular complexity index is 1320. The van der Waals surface area contributed by atoms with E-state index in [1.807, 2.05) is 0 Å². The van der Waals surface area contributed by atoms with Crippen LogP contribution < -0.4 is 7.16 Å². The van der Waals surface area contributed by atoms with Crippen molar-refractivity contribution in [2.45, 2.75) is 74.1 Å². The van der Waals surface area contributed by atoms with Gasteiger partial charge in [0.1, 0.15) is 0 Å². The van der Waals surface area contributed by atoms with Crippen LogP contribution >= 0.6 is 31.9 Å². The number of rotatable bonds is 8. The van der Waals surface area contributed by atoms with Crippen molar-refractivity contribution in [3.05, 3.63) is 79.7 Å². The van der Waals surface area contributed by atoms with E-state index < -0.39 is 18.4 Å². The van der Waals surface area contributed by atoms with Gasteiger partial charge in [-0.05, 0) is 0 Å². The molecule has 0 bridgehead atoms. The predicted molar refractivity (Wildman–Crippen MR) is 163 cm³/mol. The van der Waals surface area contributed by atoms with Crippen LogP contribution in [0.2, 0.25) is 8.87 Å². The molecular weight excluding hydrogens is 663 g/mol. The maximum absolute atomic E-state index is 4.07. The zero-order chi connectivity index (χ0) is 24.2. The molecule has 2 aliphatic carbocycles. The van der Waals surface area contributed by atoms with Gasteiger partial charge < -0.3 is 0 Å². The van der Waals surface area contributed by atoms with E-state index in [4.69, 9.17) is 0 Å². The van der Waals surface area contributed by atoms with E-state index >= 15 is 0 Å². The van der Waals surface area contributed by atoms with Crippen molar-refractivity contribution in [3.63, 3.8) is 0 Å². The number of halogens is 2. The summed E-state index contributed by atoms with van der Waals surface area (Å²) in [5.74, 6) is 0. The molecule has 3 heteroatoms. The average Bonchev–Trinajstić information content (AvgIpc) is 3.50. The first-order valence-corrected chi connectivity index (χ1v) is 22.0. The van der Waals surface area contributed by atoms with E-state index in [2.05, 4.69) is 94.2 Å². The third-order valence-electron chi connectivity index (χ3n) is 8.84. The fourth-order valence-electron chi connectivity index (χ4n) is 7.14. The van der Waals surface area contributed by atoms with Crippen LogP contribution in [0.4, 0.5) is 0 Å². The van der Waals surface area contributed by atoms with Crippen LogP contribution in [0, 0.1) is 0 Å². The second-order valence-electron chi connectivity index (χ2n) is 10.7. The molecule has 2 aliphatic rings. The van der Waals surface area contributed by atoms with Gasteiger partial charge in [0.05, 0.1) is 0 Å². The Morgan fingerprint density at radius 2 is 0.914 bits per heavy atom. The molecule has 0 saturated heterocycles. The molecule has 0 spiro atoms. The molecule has 35 heavy (non-hydrogen) atoms. The monoisotopic (exact) mass is 696 g/mol. The molecule has 4 aromatic rings. The molecule has 0 aromatic heterocycles. The number of benzene rings is 4. The van der Waals surface area contributed by atoms with Gasteiger partial charge in [0, 0.05) is 0 Å². The summed E-state index contributed by atoms with van der Waals surface area (Å²) in [6.45, 7) is 4.76. The number of aryl methyl sites for hydroxylation is 4. The van der Waals surface area contributed by atoms with Crippen LogP contribution in [0.5, 0.6) is 0 Å². The minimum atomic E-state index is -3.14. The predicted octanol–water partition coefficient (Wildman–Crippen LogP) is 8.88. The first-order valence-electron chi connectivity index (χ1n) is 13.6. The zero-order valence-electron chi connectivity index (χ0n) is 20.9. The molecule has 0 nitrogen and oxygen atoms in total. The van der Waals surface area contributed by atoms with Crippen LogP contribution in [0.15, 0.2) is 57.5 Å². The molecule has 0 saturated carbocycles. The van der Waals surface area contributed by atoms with Crippen LogP contribution in [0.1, 0.15) is 61.8 Å². The first-order chi connectivity index (χ1) is 17.1. The van der Waals surface area contributed by atoms with E-state index in [0.717, 1.165) is 0 Å². The molecule has 0 heterocycles. The molecule has 4 aromatic carbocycles. The van der Waals surface area contributed by atoms with Crippen molar-refractivity contribution in [1.29, 1.82) is 0 Å². The summed E-state index contributed by atoms with van der Waals surface area (Å²) in [5.41, 5.74) is 6.25. The van der Waals surface area contributed by atoms with Gasteiger partial charge in [0.25, 0.3) is 0 Å². The quantitative estimate of drug-likeness (QED) is 0.162. The van der Waals surface area contributed by atoms with Gasteiger partial charge in [0.15, 0.2) is 0 Å². The second-order valence-corrected chi connectivity index (χ2v) is 24.6. The van der Waals surface area contributed by atoms with Crippen molar-refractivity contribution < 1.29 is 0 Å². The third kappa shape index (κ3) is 3.87. The van der Waals surface area contributed by atoms with E-state index in [-0.39, 0.29) is 0 Å². The Hall–Kier alpha value is -0.841. The standard InChI is InChI=1S/2C12H8Br.2C4H9.Sn/c2*13-11-7-6-9-5-4-8-2-1-3-10(11)12(8)9;2*1-3-4-2;/h2*1-2,6-7H,4-5H2;2*1,3-4H2,2H3;. The SMILES string of the molecule is CCC[CH2][Sn]([CH2]CCC)([c]1ccc2c3c(ccc(Br)c13)CC2)[c]1ccc2c3c(ccc(Br)c13)CC2. The summed E-state index contributed by atoms with van der Waals surface area (Å²) < 4.78 is 8.94. The maximum atomic E-state index is 4.07. The van der Waals surface area contributed by atoms with Gasteiger partial charge in [-0.15, -0.1) is 0 Å². The van der Waals surface area contributed by atoms with E-state index in [1.165, 1.54) is 69.2 Å². The summed E-state index contributed by atoms with van der Waals surface area (Å²) >= 11 is 4.99. The molecule has 0 amide bonds. The Balaban J connectivity index is 1.73. The van der Waals surface area contributed by atoms with Gasteiger partial charge in [-0.1, -0.05) is 0 Å². The van der Waals surface area contributed by atoms with Crippen LogP contribution in [0.25, 0.3) is 21.5 Å². The van der Waals surface area contributed by atoms with Crippen LogP contribution in [0.3, 0.4) is 0 Å². The first kappa shape index (κ1) is 24.5. The summed E-state index contributed by atoms with van der Waals surface area (Å²) in [5, 5.41) is 6.30. The fraction of sp³-hybridized carbons (Fsp3) is 0.375. The molecular formula is C32H34Br2Sn. The Morgan fingerprint density at radius 1 is 0.543 bits per heavy atom. The molecule has 0 fully saturated rings. The average molecular weight is 697 g/mol.